The third-order valence-corrected chi connectivity index (χ3v) is 4.29. The van der Waals surface area contributed by atoms with Crippen molar-refractivity contribution in [3.8, 4) is 0 Å². The summed E-state index contributed by atoms with van der Waals surface area (Å²) in [5.74, 6) is -1.35. The Morgan fingerprint density at radius 3 is 2.25 bits per heavy atom. The Hall–Kier alpha value is -3.35. The fourth-order valence-corrected chi connectivity index (χ4v) is 2.93. The molecule has 3 aromatic rings. The zero-order chi connectivity index (χ0) is 20.3. The summed E-state index contributed by atoms with van der Waals surface area (Å²) in [6.07, 6.45) is 1.54. The molecule has 7 heteroatoms. The van der Waals surface area contributed by atoms with E-state index in [9.17, 15) is 14.0 Å². The smallest absolute Gasteiger partial charge is 0.255 e. The first kappa shape index (κ1) is 19.4. The van der Waals surface area contributed by atoms with Crippen molar-refractivity contribution in [2.24, 2.45) is 0 Å². The van der Waals surface area contributed by atoms with Crippen molar-refractivity contribution in [2.75, 3.05) is 10.6 Å². The molecule has 0 saturated carbocycles. The van der Waals surface area contributed by atoms with Crippen LogP contribution in [-0.4, -0.2) is 21.8 Å². The van der Waals surface area contributed by atoms with Gasteiger partial charge < -0.3 is 10.6 Å². The number of fused-ring (bicyclic) bond motifs is 1. The molecule has 0 unspecified atom stereocenters. The van der Waals surface area contributed by atoms with Gasteiger partial charge in [0.05, 0.1) is 28.1 Å². The number of halogens is 1. The van der Waals surface area contributed by atoms with E-state index in [4.69, 9.17) is 0 Å². The molecule has 3 rings (SSSR count). The van der Waals surface area contributed by atoms with Crippen LogP contribution in [0.4, 0.5) is 15.8 Å². The molecule has 0 atom stereocenters. The Labute approximate surface area is 162 Å². The highest BCUT2D eigenvalue weighted by Crippen LogP contribution is 2.22. The summed E-state index contributed by atoms with van der Waals surface area (Å²) in [5, 5.41) is 5.10. The highest BCUT2D eigenvalue weighted by molar-refractivity contribution is 6.06. The first-order valence-electron chi connectivity index (χ1n) is 9.09. The molecule has 1 aromatic heterocycles. The third-order valence-electron chi connectivity index (χ3n) is 4.29. The quantitative estimate of drug-likeness (QED) is 0.698. The first-order chi connectivity index (χ1) is 13.4. The lowest BCUT2D eigenvalue weighted by molar-refractivity contribution is -0.114. The van der Waals surface area contributed by atoms with Crippen LogP contribution in [0.15, 0.2) is 36.4 Å². The minimum atomic E-state index is -0.594. The summed E-state index contributed by atoms with van der Waals surface area (Å²) in [6, 6.07) is 9.00. The van der Waals surface area contributed by atoms with Crippen LogP contribution in [0.1, 0.15) is 42.5 Å². The molecule has 0 spiro atoms. The van der Waals surface area contributed by atoms with Crippen molar-refractivity contribution >= 4 is 34.2 Å². The van der Waals surface area contributed by atoms with Crippen LogP contribution in [0.5, 0.6) is 0 Å². The summed E-state index contributed by atoms with van der Waals surface area (Å²) >= 11 is 0. The van der Waals surface area contributed by atoms with E-state index in [-0.39, 0.29) is 11.6 Å². The molecule has 0 aliphatic heterocycles. The average molecular weight is 380 g/mol. The van der Waals surface area contributed by atoms with Crippen molar-refractivity contribution in [2.45, 2.75) is 33.6 Å². The fourth-order valence-electron chi connectivity index (χ4n) is 2.93. The molecule has 0 saturated heterocycles. The minimum Gasteiger partial charge on any atom is -0.326 e. The zero-order valence-corrected chi connectivity index (χ0v) is 16.0. The number of hydrogen-bond acceptors (Lipinski definition) is 4. The van der Waals surface area contributed by atoms with Gasteiger partial charge in [-0.3, -0.25) is 9.59 Å². The van der Waals surface area contributed by atoms with E-state index in [1.807, 2.05) is 13.8 Å². The predicted octanol–water partition coefficient (Wildman–Crippen LogP) is 4.10. The predicted molar refractivity (Wildman–Crippen MR) is 107 cm³/mol. The number of benzene rings is 2. The number of anilines is 2. The van der Waals surface area contributed by atoms with E-state index in [2.05, 4.69) is 20.6 Å². The molecule has 2 N–H and O–H groups in total. The summed E-state index contributed by atoms with van der Waals surface area (Å²) < 4.78 is 14.1. The molecule has 0 aliphatic rings. The van der Waals surface area contributed by atoms with E-state index >= 15 is 0 Å². The van der Waals surface area contributed by atoms with Gasteiger partial charge in [0.25, 0.3) is 5.91 Å². The molecule has 2 aromatic carbocycles. The molecule has 0 radical (unpaired) electrons. The maximum Gasteiger partial charge on any atom is 0.255 e. The molecule has 28 heavy (non-hydrogen) atoms. The van der Waals surface area contributed by atoms with Crippen molar-refractivity contribution in [3.05, 3.63) is 59.2 Å². The molecule has 0 fully saturated rings. The van der Waals surface area contributed by atoms with E-state index in [0.717, 1.165) is 24.2 Å². The van der Waals surface area contributed by atoms with Crippen LogP contribution >= 0.6 is 0 Å². The van der Waals surface area contributed by atoms with Crippen molar-refractivity contribution in [1.82, 2.24) is 9.97 Å². The Balaban J connectivity index is 1.90. The normalized spacial score (nSPS) is 10.7. The third kappa shape index (κ3) is 4.14. The lowest BCUT2D eigenvalue weighted by Gasteiger charge is -2.10. The van der Waals surface area contributed by atoms with Crippen LogP contribution in [0, 0.1) is 5.82 Å². The molecular weight excluding hydrogens is 359 g/mol. The van der Waals surface area contributed by atoms with E-state index in [1.54, 1.807) is 18.2 Å². The molecular formula is C21H21FN4O2. The number of nitrogens with zero attached hydrogens (tertiary/aromatic N) is 2. The minimum absolute atomic E-state index is 0.0157. The number of aromatic nitrogens is 2. The van der Waals surface area contributed by atoms with Gasteiger partial charge in [-0.25, -0.2) is 14.4 Å². The van der Waals surface area contributed by atoms with Crippen LogP contribution in [0.25, 0.3) is 11.0 Å². The van der Waals surface area contributed by atoms with Crippen LogP contribution in [0.3, 0.4) is 0 Å². The monoisotopic (exact) mass is 380 g/mol. The maximum atomic E-state index is 14.1. The second-order valence-electron chi connectivity index (χ2n) is 6.36. The maximum absolute atomic E-state index is 14.1. The number of carbonyl (C=O) groups is 2. The van der Waals surface area contributed by atoms with Crippen LogP contribution in [-0.2, 0) is 17.6 Å². The molecule has 0 bridgehead atoms. The molecule has 144 valence electrons. The number of aryl methyl sites for hydroxylation is 2. The van der Waals surface area contributed by atoms with Gasteiger partial charge in [0, 0.05) is 18.2 Å². The van der Waals surface area contributed by atoms with Gasteiger partial charge >= 0.3 is 0 Å². The summed E-state index contributed by atoms with van der Waals surface area (Å²) in [4.78, 5) is 33.0. The van der Waals surface area contributed by atoms with E-state index in [1.165, 1.54) is 25.1 Å². The second kappa shape index (κ2) is 8.12. The number of rotatable bonds is 5. The number of carbonyl (C=O) groups excluding carboxylic acids is 2. The van der Waals surface area contributed by atoms with Gasteiger partial charge in [0.2, 0.25) is 5.91 Å². The molecule has 1 heterocycles. The van der Waals surface area contributed by atoms with Gasteiger partial charge in [-0.1, -0.05) is 13.8 Å². The van der Waals surface area contributed by atoms with Gasteiger partial charge in [0.15, 0.2) is 0 Å². The molecule has 6 nitrogen and oxygen atoms in total. The molecule has 0 aliphatic carbocycles. The van der Waals surface area contributed by atoms with E-state index < -0.39 is 11.7 Å². The summed E-state index contributed by atoms with van der Waals surface area (Å²) in [6.45, 7) is 5.39. The van der Waals surface area contributed by atoms with Crippen molar-refractivity contribution in [1.29, 1.82) is 0 Å². The Kier molecular flexibility index (Phi) is 5.63. The topological polar surface area (TPSA) is 84.0 Å². The van der Waals surface area contributed by atoms with Crippen LogP contribution in [0.2, 0.25) is 0 Å². The summed E-state index contributed by atoms with van der Waals surface area (Å²) in [5.41, 5.74) is 3.91. The van der Waals surface area contributed by atoms with Gasteiger partial charge in [-0.15, -0.1) is 0 Å². The van der Waals surface area contributed by atoms with Gasteiger partial charge in [-0.2, -0.15) is 0 Å². The Morgan fingerprint density at radius 2 is 1.61 bits per heavy atom. The average Bonchev–Trinajstić information content (AvgIpc) is 2.68. The van der Waals surface area contributed by atoms with Gasteiger partial charge in [0.1, 0.15) is 5.82 Å². The fraction of sp³-hybridized carbons (Fsp3) is 0.238. The lowest BCUT2D eigenvalue weighted by Crippen LogP contribution is -2.14. The van der Waals surface area contributed by atoms with Crippen molar-refractivity contribution < 1.29 is 14.0 Å². The van der Waals surface area contributed by atoms with E-state index in [0.29, 0.717) is 22.3 Å². The zero-order valence-electron chi connectivity index (χ0n) is 16.0. The van der Waals surface area contributed by atoms with Crippen LogP contribution < -0.4 is 10.6 Å². The van der Waals surface area contributed by atoms with Gasteiger partial charge in [-0.05, 0) is 49.2 Å². The first-order valence-corrected chi connectivity index (χ1v) is 9.09. The number of amides is 2. The Morgan fingerprint density at radius 1 is 0.929 bits per heavy atom. The standard InChI is InChI=1S/C21H21FN4O2/c1-4-16-17(5-2)25-20-10-13(6-9-18(20)24-16)21(28)26-19-11-14(23-12(3)27)7-8-15(19)22/h6-11H,4-5H2,1-3H3,(H,23,27)(H,26,28). The van der Waals surface area contributed by atoms with Crippen molar-refractivity contribution in [3.63, 3.8) is 0 Å². The molecule has 2 amide bonds. The highest BCUT2D eigenvalue weighted by Gasteiger charge is 2.13. The number of nitrogens with one attached hydrogen (secondary N) is 2. The lowest BCUT2D eigenvalue weighted by atomic mass is 10.1. The highest BCUT2D eigenvalue weighted by atomic mass is 19.1. The number of hydrogen-bond donors (Lipinski definition) is 2. The second-order valence-corrected chi connectivity index (χ2v) is 6.36. The summed E-state index contributed by atoms with van der Waals surface area (Å²) in [7, 11) is 0. The Bertz CT molecular complexity index is 1070. The largest absolute Gasteiger partial charge is 0.326 e. The SMILES string of the molecule is CCc1nc2ccc(C(=O)Nc3cc(NC(C)=O)ccc3F)cc2nc1CC.